The van der Waals surface area contributed by atoms with E-state index in [0.717, 1.165) is 7.11 Å². The van der Waals surface area contributed by atoms with Crippen LogP contribution in [0.4, 0.5) is 0 Å². The van der Waals surface area contributed by atoms with E-state index in [9.17, 15) is 8.42 Å². The van der Waals surface area contributed by atoms with E-state index in [1.807, 2.05) is 0 Å². The highest BCUT2D eigenvalue weighted by molar-refractivity contribution is 7.87. The Morgan fingerprint density at radius 3 is 1.69 bits per heavy atom. The number of hydrogen-bond donors (Lipinski definition) is 0. The Morgan fingerprint density at radius 1 is 1.23 bits per heavy atom. The molecule has 0 bridgehead atoms. The van der Waals surface area contributed by atoms with Gasteiger partial charge >= 0.3 is 0 Å². The summed E-state index contributed by atoms with van der Waals surface area (Å²) >= 11 is 16.6. The van der Waals surface area contributed by atoms with Crippen LogP contribution in [0, 0.1) is 5.92 Å². The van der Waals surface area contributed by atoms with Crippen LogP contribution in [0.25, 0.3) is 0 Å². The molecular formula is C6H11Cl3O3S. The number of rotatable bonds is 3. The fraction of sp³-hybridized carbons (Fsp3) is 1.00. The Morgan fingerprint density at radius 2 is 1.62 bits per heavy atom. The molecule has 0 saturated heterocycles. The minimum atomic E-state index is -3.81. The Balaban J connectivity index is 5.07. The van der Waals surface area contributed by atoms with Crippen molar-refractivity contribution >= 4 is 44.9 Å². The van der Waals surface area contributed by atoms with Gasteiger partial charge < -0.3 is 0 Å². The van der Waals surface area contributed by atoms with E-state index in [4.69, 9.17) is 34.8 Å². The van der Waals surface area contributed by atoms with E-state index in [1.54, 1.807) is 13.8 Å². The zero-order valence-electron chi connectivity index (χ0n) is 7.42. The van der Waals surface area contributed by atoms with Gasteiger partial charge in [-0.3, -0.25) is 4.18 Å². The molecule has 0 aromatic rings. The van der Waals surface area contributed by atoms with Crippen LogP contribution in [0.15, 0.2) is 0 Å². The van der Waals surface area contributed by atoms with Crippen LogP contribution in [0.2, 0.25) is 0 Å². The minimum Gasteiger partial charge on any atom is -0.273 e. The third-order valence-corrected chi connectivity index (χ3v) is 4.55. The van der Waals surface area contributed by atoms with Crippen molar-refractivity contribution in [1.29, 1.82) is 0 Å². The molecule has 0 aromatic heterocycles. The second-order valence-corrected chi connectivity index (χ2v) is 7.06. The Labute approximate surface area is 93.4 Å². The molecule has 1 atom stereocenters. The molecule has 0 aliphatic heterocycles. The maximum absolute atomic E-state index is 11.3. The van der Waals surface area contributed by atoms with Crippen molar-refractivity contribution < 1.29 is 12.6 Å². The van der Waals surface area contributed by atoms with Crippen molar-refractivity contribution in [2.24, 2.45) is 5.92 Å². The average Bonchev–Trinajstić information content (AvgIpc) is 1.82. The lowest BCUT2D eigenvalue weighted by Crippen LogP contribution is -2.39. The first-order valence-electron chi connectivity index (χ1n) is 3.49. The fourth-order valence-corrected chi connectivity index (χ4v) is 3.92. The number of alkyl halides is 3. The van der Waals surface area contributed by atoms with Crippen molar-refractivity contribution in [2.45, 2.75) is 22.9 Å². The molecule has 0 aliphatic rings. The third-order valence-electron chi connectivity index (χ3n) is 1.47. The first-order chi connectivity index (χ1) is 5.63. The molecule has 0 N–H and O–H groups in total. The summed E-state index contributed by atoms with van der Waals surface area (Å²) in [7, 11) is -2.77. The first-order valence-corrected chi connectivity index (χ1v) is 6.09. The molecule has 0 saturated carbocycles. The normalized spacial score (nSPS) is 16.2. The topological polar surface area (TPSA) is 43.4 Å². The van der Waals surface area contributed by atoms with Crippen LogP contribution in [0.1, 0.15) is 13.8 Å². The van der Waals surface area contributed by atoms with E-state index in [2.05, 4.69) is 4.18 Å². The summed E-state index contributed by atoms with van der Waals surface area (Å²) in [6, 6.07) is 0. The van der Waals surface area contributed by atoms with Crippen LogP contribution in [-0.4, -0.2) is 24.6 Å². The summed E-state index contributed by atoms with van der Waals surface area (Å²) in [6.07, 6.45) is 0. The summed E-state index contributed by atoms with van der Waals surface area (Å²) in [5.74, 6) is -0.336. The molecule has 3 nitrogen and oxygen atoms in total. The van der Waals surface area contributed by atoms with Crippen LogP contribution >= 0.6 is 34.8 Å². The lowest BCUT2D eigenvalue weighted by Gasteiger charge is -2.25. The van der Waals surface area contributed by atoms with E-state index < -0.39 is 19.2 Å². The predicted molar refractivity (Wildman–Crippen MR) is 54.8 cm³/mol. The second kappa shape index (κ2) is 4.53. The highest BCUT2D eigenvalue weighted by Gasteiger charge is 2.45. The fourth-order valence-electron chi connectivity index (χ4n) is 0.979. The van der Waals surface area contributed by atoms with Gasteiger partial charge in [-0.15, -0.1) is 0 Å². The van der Waals surface area contributed by atoms with Crippen molar-refractivity contribution in [1.82, 2.24) is 0 Å². The van der Waals surface area contributed by atoms with E-state index >= 15 is 0 Å². The second-order valence-electron chi connectivity index (χ2n) is 2.87. The molecule has 0 rings (SSSR count). The molecule has 1 unspecified atom stereocenters. The van der Waals surface area contributed by atoms with Gasteiger partial charge in [-0.1, -0.05) is 48.7 Å². The predicted octanol–water partition coefficient (Wildman–Crippen LogP) is 2.36. The first kappa shape index (κ1) is 13.8. The average molecular weight is 270 g/mol. The van der Waals surface area contributed by atoms with Gasteiger partial charge in [0, 0.05) is 0 Å². The molecule has 7 heteroatoms. The van der Waals surface area contributed by atoms with Crippen molar-refractivity contribution in [3.05, 3.63) is 0 Å². The van der Waals surface area contributed by atoms with Gasteiger partial charge in [0.15, 0.2) is 0 Å². The van der Waals surface area contributed by atoms with E-state index in [0.29, 0.717) is 0 Å². The molecule has 0 aliphatic carbocycles. The SMILES string of the molecule is COS(=O)(=O)C(C(C)C)C(Cl)(Cl)Cl. The highest BCUT2D eigenvalue weighted by atomic mass is 35.6. The Hall–Kier alpha value is 0.780. The molecule has 0 amide bonds. The maximum Gasteiger partial charge on any atom is 0.274 e. The summed E-state index contributed by atoms with van der Waals surface area (Å²) in [4.78, 5) is 0. The van der Waals surface area contributed by atoms with Gasteiger partial charge in [-0.05, 0) is 5.92 Å². The summed E-state index contributed by atoms with van der Waals surface area (Å²) < 4.78 is 25.1. The summed E-state index contributed by atoms with van der Waals surface area (Å²) in [5, 5.41) is -1.16. The van der Waals surface area contributed by atoms with Gasteiger partial charge in [0.05, 0.1) is 7.11 Å². The van der Waals surface area contributed by atoms with Crippen LogP contribution < -0.4 is 0 Å². The molecule has 0 aromatic carbocycles. The van der Waals surface area contributed by atoms with Crippen LogP contribution in [0.3, 0.4) is 0 Å². The lowest BCUT2D eigenvalue weighted by atomic mass is 10.1. The summed E-state index contributed by atoms with van der Waals surface area (Å²) in [5.41, 5.74) is 0. The molecule has 0 heterocycles. The Bertz CT molecular complexity index is 255. The maximum atomic E-state index is 11.3. The monoisotopic (exact) mass is 268 g/mol. The zero-order valence-corrected chi connectivity index (χ0v) is 10.5. The Kier molecular flexibility index (Phi) is 4.80. The quantitative estimate of drug-likeness (QED) is 0.583. The van der Waals surface area contributed by atoms with E-state index in [1.165, 1.54) is 0 Å². The van der Waals surface area contributed by atoms with Crippen LogP contribution in [-0.2, 0) is 14.3 Å². The molecule has 0 radical (unpaired) electrons. The summed E-state index contributed by atoms with van der Waals surface area (Å²) in [6.45, 7) is 3.28. The van der Waals surface area contributed by atoms with Crippen molar-refractivity contribution in [3.63, 3.8) is 0 Å². The minimum absolute atomic E-state index is 0.336. The highest BCUT2D eigenvalue weighted by Crippen LogP contribution is 2.38. The largest absolute Gasteiger partial charge is 0.274 e. The third kappa shape index (κ3) is 3.80. The smallest absolute Gasteiger partial charge is 0.273 e. The number of hydrogen-bond acceptors (Lipinski definition) is 3. The van der Waals surface area contributed by atoms with Gasteiger partial charge in [0.2, 0.25) is 3.79 Å². The van der Waals surface area contributed by atoms with Gasteiger partial charge in [0.1, 0.15) is 5.25 Å². The van der Waals surface area contributed by atoms with Gasteiger partial charge in [0.25, 0.3) is 10.1 Å². The van der Waals surface area contributed by atoms with Crippen molar-refractivity contribution in [2.75, 3.05) is 7.11 Å². The molecule has 0 spiro atoms. The van der Waals surface area contributed by atoms with E-state index in [-0.39, 0.29) is 5.92 Å². The van der Waals surface area contributed by atoms with Crippen LogP contribution in [0.5, 0.6) is 0 Å². The van der Waals surface area contributed by atoms with Gasteiger partial charge in [-0.2, -0.15) is 8.42 Å². The standard InChI is InChI=1S/C6H11Cl3O3S/c1-4(2)5(6(7,8)9)13(10,11)12-3/h4-5H,1-3H3. The molecule has 13 heavy (non-hydrogen) atoms. The zero-order chi connectivity index (χ0) is 10.9. The lowest BCUT2D eigenvalue weighted by molar-refractivity contribution is 0.374. The van der Waals surface area contributed by atoms with Crippen molar-refractivity contribution in [3.8, 4) is 0 Å². The molecule has 80 valence electrons. The molecular weight excluding hydrogens is 258 g/mol. The number of halogens is 3. The van der Waals surface area contributed by atoms with Gasteiger partial charge in [-0.25, -0.2) is 0 Å². The molecule has 0 fully saturated rings.